The van der Waals surface area contributed by atoms with E-state index in [9.17, 15) is 4.79 Å². The molecule has 1 rings (SSSR count). The molecule has 1 aromatic carbocycles. The highest BCUT2D eigenvalue weighted by Crippen LogP contribution is 2.26. The molecule has 0 bridgehead atoms. The van der Waals surface area contributed by atoms with Gasteiger partial charge in [0.05, 0.1) is 11.6 Å². The van der Waals surface area contributed by atoms with Crippen LogP contribution >= 0.6 is 11.6 Å². The summed E-state index contributed by atoms with van der Waals surface area (Å²) in [5.74, 6) is 1.17. The molecule has 1 amide bonds. The number of hydrogen-bond acceptors (Lipinski definition) is 3. The van der Waals surface area contributed by atoms with Crippen molar-refractivity contribution in [3.63, 3.8) is 0 Å². The molecule has 0 radical (unpaired) electrons. The number of carbonyl (C=O) groups is 1. The van der Waals surface area contributed by atoms with Gasteiger partial charge in [-0.3, -0.25) is 4.79 Å². The fourth-order valence-corrected chi connectivity index (χ4v) is 2.14. The lowest BCUT2D eigenvalue weighted by Crippen LogP contribution is -2.19. The predicted octanol–water partition coefficient (Wildman–Crippen LogP) is 3.07. The summed E-state index contributed by atoms with van der Waals surface area (Å²) in [6, 6.07) is 5.89. The summed E-state index contributed by atoms with van der Waals surface area (Å²) in [5, 5.41) is 3.34. The lowest BCUT2D eigenvalue weighted by atomic mass is 10.0. The number of nitrogens with one attached hydrogen (secondary N) is 1. The minimum Gasteiger partial charge on any atom is -0.492 e. The van der Waals surface area contributed by atoms with E-state index in [4.69, 9.17) is 21.1 Å². The van der Waals surface area contributed by atoms with Crippen LogP contribution in [-0.2, 0) is 16.0 Å². The summed E-state index contributed by atoms with van der Waals surface area (Å²) in [6.45, 7) is 4.10. The molecule has 0 aromatic heterocycles. The van der Waals surface area contributed by atoms with E-state index in [-0.39, 0.29) is 0 Å². The standard InChI is InChI=1S/C16H24ClNO3/c1-13(11-18-12-19)4-5-14-6-7-15(17)16(10-14)21-9-3-8-20-2/h6-7,10,12-13H,3-5,8-9,11H2,1-2H3,(H,18,19). The van der Waals surface area contributed by atoms with Gasteiger partial charge in [0.1, 0.15) is 5.75 Å². The van der Waals surface area contributed by atoms with E-state index in [2.05, 4.69) is 12.2 Å². The van der Waals surface area contributed by atoms with E-state index in [1.54, 1.807) is 7.11 Å². The van der Waals surface area contributed by atoms with E-state index >= 15 is 0 Å². The van der Waals surface area contributed by atoms with Crippen LogP contribution in [0.4, 0.5) is 0 Å². The van der Waals surface area contributed by atoms with Crippen molar-refractivity contribution in [3.8, 4) is 5.75 Å². The third kappa shape index (κ3) is 7.34. The number of aryl methyl sites for hydroxylation is 1. The van der Waals surface area contributed by atoms with E-state index < -0.39 is 0 Å². The Labute approximate surface area is 131 Å². The molecule has 0 aliphatic heterocycles. The molecular formula is C16H24ClNO3. The van der Waals surface area contributed by atoms with Crippen LogP contribution < -0.4 is 10.1 Å². The fourth-order valence-electron chi connectivity index (χ4n) is 1.96. The molecule has 1 N–H and O–H groups in total. The first-order chi connectivity index (χ1) is 10.2. The lowest BCUT2D eigenvalue weighted by molar-refractivity contribution is -0.109. The van der Waals surface area contributed by atoms with Crippen molar-refractivity contribution in [2.24, 2.45) is 5.92 Å². The summed E-state index contributed by atoms with van der Waals surface area (Å²) < 4.78 is 10.7. The molecule has 0 heterocycles. The van der Waals surface area contributed by atoms with Crippen molar-refractivity contribution >= 4 is 18.0 Å². The summed E-state index contributed by atoms with van der Waals surface area (Å²) in [4.78, 5) is 10.3. The monoisotopic (exact) mass is 313 g/mol. The molecule has 0 fully saturated rings. The number of methoxy groups -OCH3 is 1. The van der Waals surface area contributed by atoms with Crippen molar-refractivity contribution in [1.82, 2.24) is 5.32 Å². The second kappa shape index (κ2) is 10.5. The number of halogens is 1. The molecule has 1 unspecified atom stereocenters. The minimum absolute atomic E-state index is 0.442. The summed E-state index contributed by atoms with van der Waals surface area (Å²) >= 11 is 6.14. The number of benzene rings is 1. The Bertz CT molecular complexity index is 426. The Hall–Kier alpha value is -1.26. The highest BCUT2D eigenvalue weighted by molar-refractivity contribution is 6.32. The average molecular weight is 314 g/mol. The Balaban J connectivity index is 2.46. The molecule has 118 valence electrons. The molecule has 1 atom stereocenters. The van der Waals surface area contributed by atoms with Crippen LogP contribution in [0.3, 0.4) is 0 Å². The lowest BCUT2D eigenvalue weighted by Gasteiger charge is -2.12. The van der Waals surface area contributed by atoms with Crippen molar-refractivity contribution in [2.75, 3.05) is 26.9 Å². The number of ether oxygens (including phenoxy) is 2. The first-order valence-electron chi connectivity index (χ1n) is 7.24. The van der Waals surface area contributed by atoms with E-state index in [0.717, 1.165) is 31.4 Å². The third-order valence-electron chi connectivity index (χ3n) is 3.22. The van der Waals surface area contributed by atoms with Crippen molar-refractivity contribution < 1.29 is 14.3 Å². The molecule has 1 aromatic rings. The topological polar surface area (TPSA) is 47.6 Å². The smallest absolute Gasteiger partial charge is 0.207 e. The Morgan fingerprint density at radius 1 is 1.38 bits per heavy atom. The molecule has 5 heteroatoms. The maximum Gasteiger partial charge on any atom is 0.207 e. The minimum atomic E-state index is 0.442. The molecule has 0 aliphatic carbocycles. The second-order valence-electron chi connectivity index (χ2n) is 5.13. The van der Waals surface area contributed by atoms with Gasteiger partial charge in [-0.15, -0.1) is 0 Å². The van der Waals surface area contributed by atoms with Crippen molar-refractivity contribution in [3.05, 3.63) is 28.8 Å². The van der Waals surface area contributed by atoms with E-state index in [0.29, 0.717) is 30.7 Å². The SMILES string of the molecule is COCCCOc1cc(CCC(C)CNC=O)ccc1Cl. The number of carbonyl (C=O) groups excluding carboxylic acids is 1. The largest absolute Gasteiger partial charge is 0.492 e. The Kier molecular flexibility index (Phi) is 8.87. The van der Waals surface area contributed by atoms with Crippen LogP contribution in [0.5, 0.6) is 5.75 Å². The van der Waals surface area contributed by atoms with Gasteiger partial charge in [-0.2, -0.15) is 0 Å². The van der Waals surface area contributed by atoms with Gasteiger partial charge in [-0.05, 0) is 36.5 Å². The van der Waals surface area contributed by atoms with Crippen molar-refractivity contribution in [2.45, 2.75) is 26.2 Å². The number of hydrogen-bond donors (Lipinski definition) is 1. The molecule has 0 spiro atoms. The maximum absolute atomic E-state index is 10.3. The quantitative estimate of drug-likeness (QED) is 0.504. The van der Waals surface area contributed by atoms with Crippen LogP contribution in [-0.4, -0.2) is 33.3 Å². The first-order valence-corrected chi connectivity index (χ1v) is 7.62. The van der Waals surface area contributed by atoms with Crippen LogP contribution in [0.15, 0.2) is 18.2 Å². The highest BCUT2D eigenvalue weighted by atomic mass is 35.5. The van der Waals surface area contributed by atoms with Crippen LogP contribution in [0, 0.1) is 5.92 Å². The molecule has 0 aliphatic rings. The van der Waals surface area contributed by atoms with Gasteiger partial charge in [0.15, 0.2) is 0 Å². The summed E-state index contributed by atoms with van der Waals surface area (Å²) in [5.41, 5.74) is 1.19. The first kappa shape index (κ1) is 17.8. The Morgan fingerprint density at radius 2 is 2.19 bits per heavy atom. The van der Waals surface area contributed by atoms with Gasteiger partial charge in [0.2, 0.25) is 6.41 Å². The summed E-state index contributed by atoms with van der Waals surface area (Å²) in [7, 11) is 1.67. The van der Waals surface area contributed by atoms with Gasteiger partial charge in [-0.25, -0.2) is 0 Å². The van der Waals surface area contributed by atoms with Gasteiger partial charge in [0, 0.05) is 26.7 Å². The zero-order chi connectivity index (χ0) is 15.5. The van der Waals surface area contributed by atoms with E-state index in [1.807, 2.05) is 18.2 Å². The average Bonchev–Trinajstić information content (AvgIpc) is 2.49. The molecule has 0 saturated carbocycles. The van der Waals surface area contributed by atoms with E-state index in [1.165, 1.54) is 5.56 Å². The van der Waals surface area contributed by atoms with Gasteiger partial charge < -0.3 is 14.8 Å². The zero-order valence-electron chi connectivity index (χ0n) is 12.7. The molecule has 4 nitrogen and oxygen atoms in total. The highest BCUT2D eigenvalue weighted by Gasteiger charge is 2.06. The van der Waals surface area contributed by atoms with Gasteiger partial charge >= 0.3 is 0 Å². The van der Waals surface area contributed by atoms with Crippen LogP contribution in [0.1, 0.15) is 25.3 Å². The number of rotatable bonds is 11. The predicted molar refractivity (Wildman–Crippen MR) is 85.0 cm³/mol. The molecule has 0 saturated heterocycles. The zero-order valence-corrected chi connectivity index (χ0v) is 13.5. The second-order valence-corrected chi connectivity index (χ2v) is 5.54. The van der Waals surface area contributed by atoms with Crippen molar-refractivity contribution in [1.29, 1.82) is 0 Å². The number of amides is 1. The Morgan fingerprint density at radius 3 is 2.90 bits per heavy atom. The third-order valence-corrected chi connectivity index (χ3v) is 3.53. The molecule has 21 heavy (non-hydrogen) atoms. The van der Waals surface area contributed by atoms with Crippen LogP contribution in [0.25, 0.3) is 0 Å². The van der Waals surface area contributed by atoms with Gasteiger partial charge in [0.25, 0.3) is 0 Å². The normalized spacial score (nSPS) is 12.0. The van der Waals surface area contributed by atoms with Crippen LogP contribution in [0.2, 0.25) is 5.02 Å². The maximum atomic E-state index is 10.3. The fraction of sp³-hybridized carbons (Fsp3) is 0.562. The summed E-state index contributed by atoms with van der Waals surface area (Å²) in [6.07, 6.45) is 3.52. The van der Waals surface area contributed by atoms with Gasteiger partial charge in [-0.1, -0.05) is 24.6 Å². The molecular weight excluding hydrogens is 290 g/mol.